The molecule has 82 valence electrons. The van der Waals surface area contributed by atoms with Gasteiger partial charge in [-0.3, -0.25) is 4.79 Å². The number of thiol groups is 1. The average Bonchev–Trinajstić information content (AvgIpc) is 2.20. The predicted octanol–water partition coefficient (Wildman–Crippen LogP) is 3.24. The summed E-state index contributed by atoms with van der Waals surface area (Å²) in [6.07, 6.45) is 0. The number of rotatable bonds is 4. The van der Waals surface area contributed by atoms with Crippen molar-refractivity contribution in [3.8, 4) is 5.75 Å². The minimum Gasteiger partial charge on any atom is -0.493 e. The van der Waals surface area contributed by atoms with Crippen LogP contribution in [0.3, 0.4) is 0 Å². The summed E-state index contributed by atoms with van der Waals surface area (Å²) in [5, 5.41) is -0.605. The van der Waals surface area contributed by atoms with Crippen LogP contribution in [0.5, 0.6) is 5.75 Å². The first-order valence-corrected chi connectivity index (χ1v) is 5.54. The van der Waals surface area contributed by atoms with Crippen LogP contribution in [0.2, 0.25) is 0 Å². The monoisotopic (exact) mass is 244 g/mol. The van der Waals surface area contributed by atoms with E-state index in [1.165, 1.54) is 6.92 Å². The lowest BCUT2D eigenvalue weighted by atomic mass is 10.1. The molecule has 1 unspecified atom stereocenters. The van der Waals surface area contributed by atoms with Crippen molar-refractivity contribution in [3.05, 3.63) is 23.8 Å². The number of carbonyl (C=O) groups excluding carboxylic acids is 1. The van der Waals surface area contributed by atoms with Gasteiger partial charge in [-0.1, -0.05) is 6.07 Å². The average molecular weight is 245 g/mol. The van der Waals surface area contributed by atoms with Crippen LogP contribution in [0.4, 0.5) is 0 Å². The van der Waals surface area contributed by atoms with Gasteiger partial charge in [-0.15, -0.1) is 24.2 Å². The fourth-order valence-electron chi connectivity index (χ4n) is 1.20. The molecule has 15 heavy (non-hydrogen) atoms. The molecule has 0 aliphatic heterocycles. The van der Waals surface area contributed by atoms with Gasteiger partial charge in [0.2, 0.25) is 0 Å². The van der Waals surface area contributed by atoms with Gasteiger partial charge < -0.3 is 4.74 Å². The maximum absolute atomic E-state index is 11.1. The third kappa shape index (κ3) is 3.14. The number of hydrogen-bond acceptors (Lipinski definition) is 3. The van der Waals surface area contributed by atoms with Crippen molar-refractivity contribution in [2.24, 2.45) is 0 Å². The molecule has 1 atom stereocenters. The van der Waals surface area contributed by atoms with Gasteiger partial charge in [-0.05, 0) is 31.5 Å². The third-order valence-corrected chi connectivity index (χ3v) is 2.84. The minimum absolute atomic E-state index is 0.0754. The smallest absolute Gasteiger partial charge is 0.152 e. The molecule has 0 N–H and O–H groups in total. The largest absolute Gasteiger partial charge is 0.493 e. The Bertz CT molecular complexity index is 366. The van der Waals surface area contributed by atoms with E-state index < -0.39 is 5.38 Å². The lowest BCUT2D eigenvalue weighted by molar-refractivity contribution is -0.116. The first-order valence-electron chi connectivity index (χ1n) is 4.66. The van der Waals surface area contributed by atoms with Crippen molar-refractivity contribution in [2.45, 2.75) is 24.1 Å². The molecule has 0 saturated heterocycles. The highest BCUT2D eigenvalue weighted by Crippen LogP contribution is 2.29. The summed E-state index contributed by atoms with van der Waals surface area (Å²) in [4.78, 5) is 11.8. The molecule has 0 bridgehead atoms. The molecule has 4 heteroatoms. The van der Waals surface area contributed by atoms with E-state index in [-0.39, 0.29) is 5.78 Å². The van der Waals surface area contributed by atoms with Gasteiger partial charge in [0, 0.05) is 4.90 Å². The van der Waals surface area contributed by atoms with Crippen LogP contribution in [0, 0.1) is 0 Å². The summed E-state index contributed by atoms with van der Waals surface area (Å²) in [6, 6.07) is 5.32. The van der Waals surface area contributed by atoms with E-state index >= 15 is 0 Å². The van der Waals surface area contributed by atoms with E-state index in [1.807, 2.05) is 6.92 Å². The Hall–Kier alpha value is -0.670. The van der Waals surface area contributed by atoms with Crippen molar-refractivity contribution in [3.63, 3.8) is 0 Å². The number of benzene rings is 1. The van der Waals surface area contributed by atoms with E-state index in [0.29, 0.717) is 17.3 Å². The van der Waals surface area contributed by atoms with Crippen LogP contribution in [-0.2, 0) is 4.79 Å². The molecule has 0 spiro atoms. The Balaban J connectivity index is 2.95. The molecule has 1 rings (SSSR count). The van der Waals surface area contributed by atoms with Crippen molar-refractivity contribution < 1.29 is 9.53 Å². The Morgan fingerprint density at radius 2 is 2.27 bits per heavy atom. The molecular weight excluding hydrogens is 232 g/mol. The Kier molecular flexibility index (Phi) is 4.48. The summed E-state index contributed by atoms with van der Waals surface area (Å²) < 4.78 is 5.33. The first kappa shape index (κ1) is 12.4. The highest BCUT2D eigenvalue weighted by atomic mass is 35.5. The normalized spacial score (nSPS) is 12.3. The molecule has 0 aliphatic rings. The maximum atomic E-state index is 11.1. The van der Waals surface area contributed by atoms with Gasteiger partial charge in [-0.25, -0.2) is 0 Å². The second kappa shape index (κ2) is 5.42. The van der Waals surface area contributed by atoms with Gasteiger partial charge in [0.15, 0.2) is 5.78 Å². The molecule has 0 heterocycles. The molecule has 0 radical (unpaired) electrons. The topological polar surface area (TPSA) is 26.3 Å². The Morgan fingerprint density at radius 1 is 1.60 bits per heavy atom. The number of halogens is 1. The second-order valence-electron chi connectivity index (χ2n) is 3.13. The van der Waals surface area contributed by atoms with Crippen LogP contribution in [0.25, 0.3) is 0 Å². The van der Waals surface area contributed by atoms with Crippen LogP contribution >= 0.6 is 24.2 Å². The van der Waals surface area contributed by atoms with Crippen molar-refractivity contribution in [2.75, 3.05) is 6.61 Å². The minimum atomic E-state index is -0.605. The molecule has 1 aromatic carbocycles. The zero-order valence-electron chi connectivity index (χ0n) is 8.66. The van der Waals surface area contributed by atoms with E-state index in [9.17, 15) is 4.79 Å². The highest BCUT2D eigenvalue weighted by Gasteiger charge is 2.14. The lowest BCUT2D eigenvalue weighted by Crippen LogP contribution is -2.02. The number of alkyl halides is 1. The Labute approximate surface area is 100.0 Å². The molecule has 0 aromatic heterocycles. The van der Waals surface area contributed by atoms with E-state index in [1.54, 1.807) is 18.2 Å². The SMILES string of the molecule is CCOc1ccc(C(Cl)C(C)=O)cc1S. The molecule has 0 aliphatic carbocycles. The van der Waals surface area contributed by atoms with E-state index in [0.717, 1.165) is 5.56 Å². The van der Waals surface area contributed by atoms with Crippen molar-refractivity contribution >= 4 is 30.0 Å². The van der Waals surface area contributed by atoms with E-state index in [2.05, 4.69) is 12.6 Å². The summed E-state index contributed by atoms with van der Waals surface area (Å²) >= 11 is 10.2. The third-order valence-electron chi connectivity index (χ3n) is 1.93. The summed E-state index contributed by atoms with van der Waals surface area (Å²) in [5.41, 5.74) is 0.748. The Morgan fingerprint density at radius 3 is 2.73 bits per heavy atom. The molecular formula is C11H13ClO2S. The number of Topliss-reactive ketones (excluding diaryl/α,β-unsaturated/α-hetero) is 1. The summed E-state index contributed by atoms with van der Waals surface area (Å²) in [5.74, 6) is 0.630. The maximum Gasteiger partial charge on any atom is 0.152 e. The fourth-order valence-corrected chi connectivity index (χ4v) is 1.63. The van der Waals surface area contributed by atoms with Gasteiger partial charge in [0.05, 0.1) is 6.61 Å². The van der Waals surface area contributed by atoms with Gasteiger partial charge >= 0.3 is 0 Å². The predicted molar refractivity (Wildman–Crippen MR) is 64.1 cm³/mol. The van der Waals surface area contributed by atoms with Gasteiger partial charge in [0.25, 0.3) is 0 Å². The summed E-state index contributed by atoms with van der Waals surface area (Å²) in [7, 11) is 0. The van der Waals surface area contributed by atoms with Crippen molar-refractivity contribution in [1.29, 1.82) is 0 Å². The van der Waals surface area contributed by atoms with Gasteiger partial charge in [-0.2, -0.15) is 0 Å². The number of carbonyl (C=O) groups is 1. The van der Waals surface area contributed by atoms with Crippen molar-refractivity contribution in [1.82, 2.24) is 0 Å². The number of ketones is 1. The molecule has 0 fully saturated rings. The zero-order valence-corrected chi connectivity index (χ0v) is 10.3. The quantitative estimate of drug-likeness (QED) is 0.650. The first-order chi connectivity index (χ1) is 7.06. The fraction of sp³-hybridized carbons (Fsp3) is 0.364. The molecule has 1 aromatic rings. The molecule has 2 nitrogen and oxygen atoms in total. The van der Waals surface area contributed by atoms with Gasteiger partial charge in [0.1, 0.15) is 11.1 Å². The summed E-state index contributed by atoms with van der Waals surface area (Å²) in [6.45, 7) is 3.96. The van der Waals surface area contributed by atoms with E-state index in [4.69, 9.17) is 16.3 Å². The number of hydrogen-bond donors (Lipinski definition) is 1. The highest BCUT2D eigenvalue weighted by molar-refractivity contribution is 7.80. The lowest BCUT2D eigenvalue weighted by Gasteiger charge is -2.10. The van der Waals surface area contributed by atoms with Crippen LogP contribution in [0.1, 0.15) is 24.8 Å². The standard InChI is InChI=1S/C11H13ClO2S/c1-3-14-9-5-4-8(6-10(9)15)11(12)7(2)13/h4-6,11,15H,3H2,1-2H3. The van der Waals surface area contributed by atoms with Crippen LogP contribution in [-0.4, -0.2) is 12.4 Å². The molecule has 0 saturated carbocycles. The van der Waals surface area contributed by atoms with Crippen LogP contribution in [0.15, 0.2) is 23.1 Å². The molecule has 0 amide bonds. The zero-order chi connectivity index (χ0) is 11.4. The second-order valence-corrected chi connectivity index (χ2v) is 4.05. The van der Waals surface area contributed by atoms with Crippen LogP contribution < -0.4 is 4.74 Å². The number of ether oxygens (including phenoxy) is 1.